The molecule has 0 aliphatic rings. The summed E-state index contributed by atoms with van der Waals surface area (Å²) in [7, 11) is 0. The molecule has 0 bridgehead atoms. The average molecular weight is 242 g/mol. The number of carbonyl (C=O) groups is 1. The molecular formula is C10H5ClFNOS. The van der Waals surface area contributed by atoms with Gasteiger partial charge in [0, 0.05) is 10.9 Å². The van der Waals surface area contributed by atoms with E-state index in [1.165, 1.54) is 23.5 Å². The van der Waals surface area contributed by atoms with Crippen LogP contribution in [0, 0.1) is 5.82 Å². The Hall–Kier alpha value is -1.26. The molecule has 0 atom stereocenters. The first-order valence-corrected chi connectivity index (χ1v) is 5.38. The number of aromatic nitrogens is 1. The minimum Gasteiger partial charge on any atom is -0.287 e. The van der Waals surface area contributed by atoms with E-state index in [1.807, 2.05) is 0 Å². The van der Waals surface area contributed by atoms with Crippen molar-refractivity contribution in [3.63, 3.8) is 0 Å². The zero-order chi connectivity index (χ0) is 10.8. The minimum absolute atomic E-state index is 0.00447. The summed E-state index contributed by atoms with van der Waals surface area (Å²) in [6.07, 6.45) is 0. The lowest BCUT2D eigenvalue weighted by Gasteiger charge is -1.98. The number of hydrogen-bond donors (Lipinski definition) is 0. The second kappa shape index (κ2) is 4.08. The number of benzene rings is 1. The van der Waals surface area contributed by atoms with Crippen LogP contribution in [0.4, 0.5) is 4.39 Å². The van der Waals surface area contributed by atoms with Crippen molar-refractivity contribution >= 4 is 28.7 Å². The van der Waals surface area contributed by atoms with Gasteiger partial charge in [0.15, 0.2) is 0 Å². The molecule has 0 amide bonds. The highest BCUT2D eigenvalue weighted by atomic mass is 35.5. The van der Waals surface area contributed by atoms with Crippen molar-refractivity contribution in [3.05, 3.63) is 51.2 Å². The first-order valence-electron chi connectivity index (χ1n) is 4.06. The summed E-state index contributed by atoms with van der Waals surface area (Å²) in [5, 5.41) is 1.62. The third kappa shape index (κ3) is 2.06. The molecule has 0 fully saturated rings. The Labute approximate surface area is 94.3 Å². The number of halogens is 2. The van der Waals surface area contributed by atoms with E-state index in [1.54, 1.807) is 10.9 Å². The van der Waals surface area contributed by atoms with Gasteiger partial charge in [0.2, 0.25) is 5.78 Å². The molecule has 0 saturated heterocycles. The molecule has 0 aliphatic heterocycles. The quantitative estimate of drug-likeness (QED) is 0.756. The van der Waals surface area contributed by atoms with E-state index in [-0.39, 0.29) is 16.4 Å². The zero-order valence-electron chi connectivity index (χ0n) is 7.41. The molecule has 2 aromatic rings. The molecule has 5 heteroatoms. The molecular weight excluding hydrogens is 237 g/mol. The van der Waals surface area contributed by atoms with Crippen molar-refractivity contribution in [2.45, 2.75) is 0 Å². The Morgan fingerprint density at radius 1 is 1.47 bits per heavy atom. The Morgan fingerprint density at radius 3 is 2.87 bits per heavy atom. The highest BCUT2D eigenvalue weighted by Gasteiger charge is 2.12. The van der Waals surface area contributed by atoms with E-state index in [0.29, 0.717) is 5.69 Å². The Morgan fingerprint density at radius 2 is 2.27 bits per heavy atom. The number of rotatable bonds is 2. The molecule has 1 aromatic heterocycles. The lowest BCUT2D eigenvalue weighted by molar-refractivity contribution is 0.103. The standard InChI is InChI=1S/C10H5ClFNOS/c11-7-2-1-6(3-8(7)12)10(14)9-4-15-5-13-9/h1-5H. The van der Waals surface area contributed by atoms with Gasteiger partial charge >= 0.3 is 0 Å². The van der Waals surface area contributed by atoms with Crippen molar-refractivity contribution < 1.29 is 9.18 Å². The van der Waals surface area contributed by atoms with Crippen molar-refractivity contribution in [1.82, 2.24) is 4.98 Å². The Balaban J connectivity index is 2.39. The van der Waals surface area contributed by atoms with Gasteiger partial charge in [-0.3, -0.25) is 4.79 Å². The SMILES string of the molecule is O=C(c1ccc(Cl)c(F)c1)c1cscn1. The van der Waals surface area contributed by atoms with Crippen LogP contribution in [-0.2, 0) is 0 Å². The summed E-state index contributed by atoms with van der Waals surface area (Å²) < 4.78 is 13.1. The van der Waals surface area contributed by atoms with Gasteiger partial charge in [-0.15, -0.1) is 11.3 Å². The number of nitrogens with zero attached hydrogens (tertiary/aromatic N) is 1. The largest absolute Gasteiger partial charge is 0.287 e. The maximum atomic E-state index is 13.1. The summed E-state index contributed by atoms with van der Waals surface area (Å²) in [6.45, 7) is 0. The summed E-state index contributed by atoms with van der Waals surface area (Å²) in [5.41, 5.74) is 2.13. The molecule has 0 spiro atoms. The van der Waals surface area contributed by atoms with E-state index < -0.39 is 5.82 Å². The molecule has 1 heterocycles. The maximum absolute atomic E-state index is 13.1. The topological polar surface area (TPSA) is 30.0 Å². The molecule has 0 unspecified atom stereocenters. The van der Waals surface area contributed by atoms with Crippen LogP contribution < -0.4 is 0 Å². The molecule has 2 rings (SSSR count). The van der Waals surface area contributed by atoms with Crippen molar-refractivity contribution in [1.29, 1.82) is 0 Å². The number of carbonyl (C=O) groups excluding carboxylic acids is 1. The Bertz CT molecular complexity index is 498. The fourth-order valence-electron chi connectivity index (χ4n) is 1.11. The predicted octanol–water partition coefficient (Wildman–Crippen LogP) is 3.17. The van der Waals surface area contributed by atoms with E-state index in [4.69, 9.17) is 11.6 Å². The summed E-state index contributed by atoms with van der Waals surface area (Å²) in [5.74, 6) is -0.899. The Kier molecular flexibility index (Phi) is 2.79. The molecule has 2 nitrogen and oxygen atoms in total. The first-order chi connectivity index (χ1) is 7.18. The second-order valence-corrected chi connectivity index (χ2v) is 3.96. The number of ketones is 1. The van der Waals surface area contributed by atoms with Gasteiger partial charge in [-0.2, -0.15) is 0 Å². The molecule has 0 aliphatic carbocycles. The smallest absolute Gasteiger partial charge is 0.212 e. The van der Waals surface area contributed by atoms with Gasteiger partial charge in [0.1, 0.15) is 11.5 Å². The predicted molar refractivity (Wildman–Crippen MR) is 57.0 cm³/mol. The van der Waals surface area contributed by atoms with Crippen LogP contribution in [0.2, 0.25) is 5.02 Å². The van der Waals surface area contributed by atoms with E-state index in [2.05, 4.69) is 4.98 Å². The lowest BCUT2D eigenvalue weighted by atomic mass is 10.1. The molecule has 0 N–H and O–H groups in total. The fourth-order valence-corrected chi connectivity index (χ4v) is 1.76. The minimum atomic E-state index is -0.599. The van der Waals surface area contributed by atoms with Gasteiger partial charge in [0.25, 0.3) is 0 Å². The monoisotopic (exact) mass is 241 g/mol. The highest BCUT2D eigenvalue weighted by Crippen LogP contribution is 2.17. The normalized spacial score (nSPS) is 10.3. The molecule has 76 valence electrons. The summed E-state index contributed by atoms with van der Waals surface area (Å²) in [6, 6.07) is 3.95. The van der Waals surface area contributed by atoms with Crippen LogP contribution >= 0.6 is 22.9 Å². The van der Waals surface area contributed by atoms with Crippen LogP contribution in [0.15, 0.2) is 29.1 Å². The van der Waals surface area contributed by atoms with Gasteiger partial charge in [0.05, 0.1) is 10.5 Å². The van der Waals surface area contributed by atoms with E-state index in [0.717, 1.165) is 6.07 Å². The van der Waals surface area contributed by atoms with Gasteiger partial charge in [-0.1, -0.05) is 11.6 Å². The van der Waals surface area contributed by atoms with Crippen LogP contribution in [0.5, 0.6) is 0 Å². The second-order valence-electron chi connectivity index (χ2n) is 2.83. The third-order valence-corrected chi connectivity index (χ3v) is 2.74. The van der Waals surface area contributed by atoms with E-state index >= 15 is 0 Å². The summed E-state index contributed by atoms with van der Waals surface area (Å²) >= 11 is 6.83. The molecule has 15 heavy (non-hydrogen) atoms. The number of hydrogen-bond acceptors (Lipinski definition) is 3. The van der Waals surface area contributed by atoms with E-state index in [9.17, 15) is 9.18 Å². The average Bonchev–Trinajstić information content (AvgIpc) is 2.74. The van der Waals surface area contributed by atoms with Crippen LogP contribution in [0.1, 0.15) is 16.1 Å². The molecule has 1 aromatic carbocycles. The fraction of sp³-hybridized carbons (Fsp3) is 0. The van der Waals surface area contributed by atoms with Gasteiger partial charge < -0.3 is 0 Å². The number of thiazole rings is 1. The van der Waals surface area contributed by atoms with Crippen LogP contribution in [0.25, 0.3) is 0 Å². The van der Waals surface area contributed by atoms with Crippen molar-refractivity contribution in [2.75, 3.05) is 0 Å². The van der Waals surface area contributed by atoms with Crippen LogP contribution in [0.3, 0.4) is 0 Å². The first kappa shape index (κ1) is 10.3. The maximum Gasteiger partial charge on any atom is 0.212 e. The zero-order valence-corrected chi connectivity index (χ0v) is 8.98. The third-order valence-electron chi connectivity index (χ3n) is 1.85. The van der Waals surface area contributed by atoms with Crippen molar-refractivity contribution in [2.24, 2.45) is 0 Å². The van der Waals surface area contributed by atoms with Crippen LogP contribution in [-0.4, -0.2) is 10.8 Å². The summed E-state index contributed by atoms with van der Waals surface area (Å²) in [4.78, 5) is 15.6. The van der Waals surface area contributed by atoms with Crippen molar-refractivity contribution in [3.8, 4) is 0 Å². The van der Waals surface area contributed by atoms with Gasteiger partial charge in [-0.25, -0.2) is 9.37 Å². The molecule has 0 saturated carbocycles. The highest BCUT2D eigenvalue weighted by molar-refractivity contribution is 7.07. The van der Waals surface area contributed by atoms with Gasteiger partial charge in [-0.05, 0) is 18.2 Å². The molecule has 0 radical (unpaired) electrons. The lowest BCUT2D eigenvalue weighted by Crippen LogP contribution is -2.01.